The molecule has 3 heterocycles. The van der Waals surface area contributed by atoms with E-state index in [0.717, 1.165) is 32.5 Å². The Kier molecular flexibility index (Phi) is 4.80. The average Bonchev–Trinajstić information content (AvgIpc) is 3.41. The molecule has 9 heteroatoms. The number of nitrogens with two attached hydrogens (primary N) is 2. The largest absolute Gasteiger partial charge is 0.455 e. The van der Waals surface area contributed by atoms with Gasteiger partial charge in [-0.05, 0) is 54.6 Å². The van der Waals surface area contributed by atoms with E-state index in [1.807, 2.05) is 54.6 Å². The molecule has 1 aromatic carbocycles. The van der Waals surface area contributed by atoms with Gasteiger partial charge in [0, 0.05) is 17.3 Å². The maximum Gasteiger partial charge on any atom is 0.200 e. The second-order valence-corrected chi connectivity index (χ2v) is 7.23. The fourth-order valence-electron chi connectivity index (χ4n) is 2.77. The lowest BCUT2D eigenvalue weighted by Crippen LogP contribution is -2.20. The normalized spacial score (nSPS) is 10.6. The summed E-state index contributed by atoms with van der Waals surface area (Å²) in [6, 6.07) is 18.8. The molecule has 3 aromatic heterocycles. The molecule has 8 N–H and O–H groups in total. The maximum absolute atomic E-state index is 7.27. The Morgan fingerprint density at radius 2 is 1.28 bits per heavy atom. The van der Waals surface area contributed by atoms with E-state index in [9.17, 15) is 0 Å². The first kappa shape index (κ1) is 18.4. The van der Waals surface area contributed by atoms with Gasteiger partial charge >= 0.3 is 0 Å². The molecule has 0 amide bonds. The number of furan rings is 2. The molecule has 0 atom stereocenters. The van der Waals surface area contributed by atoms with E-state index in [0.29, 0.717) is 11.6 Å². The van der Waals surface area contributed by atoms with Crippen molar-refractivity contribution in [3.8, 4) is 32.6 Å². The predicted octanol–water partition coefficient (Wildman–Crippen LogP) is 4.55. The Morgan fingerprint density at radius 3 is 1.93 bits per heavy atom. The number of rotatable bonds is 5. The van der Waals surface area contributed by atoms with Crippen molar-refractivity contribution in [1.29, 1.82) is 10.8 Å². The Hall–Kier alpha value is -3.98. The van der Waals surface area contributed by atoms with Crippen LogP contribution >= 0.6 is 11.3 Å². The van der Waals surface area contributed by atoms with Crippen molar-refractivity contribution in [1.82, 2.24) is 0 Å². The lowest BCUT2D eigenvalue weighted by Gasteiger charge is -2.04. The third kappa shape index (κ3) is 4.14. The summed E-state index contributed by atoms with van der Waals surface area (Å²) in [5, 5.41) is 19.9. The van der Waals surface area contributed by atoms with Crippen molar-refractivity contribution in [2.75, 3.05) is 10.6 Å². The van der Waals surface area contributed by atoms with Crippen LogP contribution in [-0.4, -0.2) is 11.9 Å². The van der Waals surface area contributed by atoms with Crippen molar-refractivity contribution >= 4 is 34.8 Å². The summed E-state index contributed by atoms with van der Waals surface area (Å²) in [5.41, 5.74) is 12.3. The van der Waals surface area contributed by atoms with Crippen LogP contribution < -0.4 is 22.1 Å². The molecule has 0 bridgehead atoms. The van der Waals surface area contributed by atoms with Crippen molar-refractivity contribution < 1.29 is 8.83 Å². The molecule has 0 saturated heterocycles. The highest BCUT2D eigenvalue weighted by molar-refractivity contribution is 7.18. The van der Waals surface area contributed by atoms with Crippen LogP contribution in [-0.2, 0) is 0 Å². The van der Waals surface area contributed by atoms with E-state index in [4.69, 9.17) is 31.1 Å². The van der Waals surface area contributed by atoms with Crippen LogP contribution in [0, 0.1) is 10.8 Å². The summed E-state index contributed by atoms with van der Waals surface area (Å²) >= 11 is 1.54. The number of thiophene rings is 1. The van der Waals surface area contributed by atoms with E-state index >= 15 is 0 Å². The molecule has 146 valence electrons. The Balaban J connectivity index is 1.52. The molecule has 4 aromatic rings. The summed E-state index contributed by atoms with van der Waals surface area (Å²) < 4.78 is 11.7. The Morgan fingerprint density at radius 1 is 0.690 bits per heavy atom. The fraction of sp³-hybridized carbons (Fsp3) is 0. The van der Waals surface area contributed by atoms with Gasteiger partial charge in [0.1, 0.15) is 17.3 Å². The smallest absolute Gasteiger partial charge is 0.200 e. The van der Waals surface area contributed by atoms with Gasteiger partial charge in [-0.1, -0.05) is 0 Å². The number of hydrogen-bond donors (Lipinski definition) is 6. The van der Waals surface area contributed by atoms with Gasteiger partial charge in [0.05, 0.1) is 9.75 Å². The summed E-state index contributed by atoms with van der Waals surface area (Å²) in [6.07, 6.45) is 0. The van der Waals surface area contributed by atoms with Gasteiger partial charge in [0.15, 0.2) is 17.8 Å². The molecular weight excluding hydrogens is 388 g/mol. The molecule has 0 aliphatic carbocycles. The molecule has 0 aliphatic heterocycles. The summed E-state index contributed by atoms with van der Waals surface area (Å²) in [5.74, 6) is 2.33. The number of anilines is 2. The van der Waals surface area contributed by atoms with Gasteiger partial charge in [0.25, 0.3) is 0 Å². The van der Waals surface area contributed by atoms with E-state index in [-0.39, 0.29) is 11.9 Å². The minimum absolute atomic E-state index is 0.104. The molecule has 8 nitrogen and oxygen atoms in total. The summed E-state index contributed by atoms with van der Waals surface area (Å²) in [7, 11) is 0. The SMILES string of the molecule is N=C(N)Nc1ccc(-c2ccc(-c3ccc(-c4ccc(NC(=N)N)o4)s3)o2)cc1. The van der Waals surface area contributed by atoms with Gasteiger partial charge in [-0.15, -0.1) is 11.3 Å². The van der Waals surface area contributed by atoms with Crippen molar-refractivity contribution in [3.63, 3.8) is 0 Å². The topological polar surface area (TPSA) is 150 Å². The zero-order valence-corrected chi connectivity index (χ0v) is 16.0. The minimum atomic E-state index is -0.175. The maximum atomic E-state index is 7.27. The third-order valence-corrected chi connectivity index (χ3v) is 5.12. The van der Waals surface area contributed by atoms with E-state index < -0.39 is 0 Å². The lowest BCUT2D eigenvalue weighted by atomic mass is 10.1. The van der Waals surface area contributed by atoms with Crippen LogP contribution in [0.15, 0.2) is 69.5 Å². The van der Waals surface area contributed by atoms with E-state index in [1.165, 1.54) is 0 Å². The van der Waals surface area contributed by atoms with Crippen LogP contribution in [0.4, 0.5) is 11.6 Å². The molecule has 0 spiro atoms. The third-order valence-electron chi connectivity index (χ3n) is 4.01. The molecule has 0 saturated carbocycles. The highest BCUT2D eigenvalue weighted by Crippen LogP contribution is 2.38. The molecule has 0 radical (unpaired) electrons. The number of hydrogen-bond acceptors (Lipinski definition) is 5. The quantitative estimate of drug-likeness (QED) is 0.211. The second-order valence-electron chi connectivity index (χ2n) is 6.15. The standard InChI is InChI=1S/C20H18N6O2S/c21-19(22)25-12-3-1-11(2-4-12)13-5-6-14(27-13)16-8-9-17(29-16)15-7-10-18(28-15)26-20(23)24/h1-10H,(H4,21,22,25)(H4,23,24,26). The molecule has 29 heavy (non-hydrogen) atoms. The molecular formula is C20H18N6O2S. The number of benzene rings is 1. The van der Waals surface area contributed by atoms with Gasteiger partial charge in [-0.25, -0.2) is 0 Å². The minimum Gasteiger partial charge on any atom is -0.455 e. The Bertz CT molecular complexity index is 1170. The second kappa shape index (κ2) is 7.56. The van der Waals surface area contributed by atoms with Gasteiger partial charge < -0.3 is 25.6 Å². The van der Waals surface area contributed by atoms with E-state index in [1.54, 1.807) is 17.4 Å². The molecule has 0 unspecified atom stereocenters. The highest BCUT2D eigenvalue weighted by Gasteiger charge is 2.13. The van der Waals surface area contributed by atoms with Crippen LogP contribution in [0.2, 0.25) is 0 Å². The van der Waals surface area contributed by atoms with Crippen LogP contribution in [0.5, 0.6) is 0 Å². The van der Waals surface area contributed by atoms with Crippen LogP contribution in [0.1, 0.15) is 0 Å². The average molecular weight is 406 g/mol. The lowest BCUT2D eigenvalue weighted by molar-refractivity contribution is 0.599. The first-order chi connectivity index (χ1) is 14.0. The predicted molar refractivity (Wildman–Crippen MR) is 116 cm³/mol. The van der Waals surface area contributed by atoms with Gasteiger partial charge in [-0.2, -0.15) is 0 Å². The van der Waals surface area contributed by atoms with Crippen molar-refractivity contribution in [2.24, 2.45) is 11.5 Å². The molecule has 0 fully saturated rings. The van der Waals surface area contributed by atoms with Gasteiger partial charge in [0.2, 0.25) is 0 Å². The van der Waals surface area contributed by atoms with E-state index in [2.05, 4.69) is 10.6 Å². The number of nitrogens with one attached hydrogen (secondary N) is 4. The monoisotopic (exact) mass is 406 g/mol. The first-order valence-electron chi connectivity index (χ1n) is 8.61. The zero-order chi connectivity index (χ0) is 20.4. The van der Waals surface area contributed by atoms with Crippen LogP contribution in [0.3, 0.4) is 0 Å². The highest BCUT2D eigenvalue weighted by atomic mass is 32.1. The zero-order valence-electron chi connectivity index (χ0n) is 15.2. The van der Waals surface area contributed by atoms with Crippen molar-refractivity contribution in [3.05, 3.63) is 60.7 Å². The summed E-state index contributed by atoms with van der Waals surface area (Å²) in [6.45, 7) is 0. The van der Waals surface area contributed by atoms with Crippen molar-refractivity contribution in [2.45, 2.75) is 0 Å². The summed E-state index contributed by atoms with van der Waals surface area (Å²) in [4.78, 5) is 1.91. The fourth-order valence-corrected chi connectivity index (χ4v) is 3.70. The number of guanidine groups is 2. The molecule has 4 rings (SSSR count). The van der Waals surface area contributed by atoms with Gasteiger partial charge in [-0.3, -0.25) is 16.1 Å². The molecule has 0 aliphatic rings. The van der Waals surface area contributed by atoms with Crippen LogP contribution in [0.25, 0.3) is 32.6 Å². The first-order valence-corrected chi connectivity index (χ1v) is 9.42. The Labute approximate surface area is 170 Å².